The fraction of sp³-hybridized carbons (Fsp3) is 0. The third-order valence-electron chi connectivity index (χ3n) is 3.62. The topological polar surface area (TPSA) is 159 Å². The average Bonchev–Trinajstić information content (AvgIpc) is 2.59. The maximum atomic E-state index is 12.1. The van der Waals surface area contributed by atoms with Gasteiger partial charge in [0.25, 0.3) is 10.1 Å². The SMILES string of the molecule is O=S(=O)([O-])c1ccc(S(=O)(=O)O)c(N=Nc2c([O-])ccc3ccccc23)c1.[Ba+2]. The Morgan fingerprint density at radius 1 is 0.893 bits per heavy atom. The number of rotatable bonds is 4. The molecule has 0 aliphatic heterocycles. The first-order valence-electron chi connectivity index (χ1n) is 7.25. The first-order chi connectivity index (χ1) is 12.6. The van der Waals surface area contributed by atoms with Gasteiger partial charge in [-0.1, -0.05) is 42.1 Å². The molecular weight excluding hydrogens is 534 g/mol. The zero-order chi connectivity index (χ0) is 19.8. The molecule has 28 heavy (non-hydrogen) atoms. The van der Waals surface area contributed by atoms with Crippen LogP contribution < -0.4 is 5.11 Å². The van der Waals surface area contributed by atoms with Gasteiger partial charge in [-0.25, -0.2) is 8.42 Å². The molecule has 0 amide bonds. The molecule has 0 fully saturated rings. The predicted octanol–water partition coefficient (Wildman–Crippen LogP) is 2.10. The Bertz CT molecular complexity index is 1290. The fourth-order valence-corrected chi connectivity index (χ4v) is 3.49. The summed E-state index contributed by atoms with van der Waals surface area (Å²) in [5.41, 5.74) is -0.702. The molecule has 3 rings (SSSR count). The van der Waals surface area contributed by atoms with Crippen LogP contribution in [0, 0.1) is 0 Å². The van der Waals surface area contributed by atoms with Gasteiger partial charge in [-0.05, 0) is 23.6 Å². The molecule has 3 aromatic carbocycles. The van der Waals surface area contributed by atoms with E-state index in [-0.39, 0.29) is 54.6 Å². The molecule has 0 saturated carbocycles. The molecule has 0 unspecified atom stereocenters. The number of fused-ring (bicyclic) bond motifs is 1. The first kappa shape index (κ1) is 23.0. The Hall–Kier alpha value is -1.29. The van der Waals surface area contributed by atoms with E-state index >= 15 is 0 Å². The van der Waals surface area contributed by atoms with E-state index in [9.17, 15) is 31.0 Å². The van der Waals surface area contributed by atoms with E-state index in [1.54, 1.807) is 30.3 Å². The maximum absolute atomic E-state index is 12.1. The monoisotopic (exact) mass is 544 g/mol. The van der Waals surface area contributed by atoms with Gasteiger partial charge in [0.2, 0.25) is 0 Å². The molecule has 0 aromatic heterocycles. The molecule has 0 aliphatic carbocycles. The van der Waals surface area contributed by atoms with Crippen molar-refractivity contribution in [2.24, 2.45) is 10.2 Å². The van der Waals surface area contributed by atoms with Crippen LogP contribution in [0.1, 0.15) is 0 Å². The van der Waals surface area contributed by atoms with Crippen molar-refractivity contribution in [2.75, 3.05) is 0 Å². The molecule has 140 valence electrons. The van der Waals surface area contributed by atoms with Gasteiger partial charge in [0.15, 0.2) is 0 Å². The minimum absolute atomic E-state index is 0. The van der Waals surface area contributed by atoms with Crippen LogP contribution in [0.25, 0.3) is 10.8 Å². The minimum Gasteiger partial charge on any atom is -0.871 e. The molecule has 0 aliphatic rings. The van der Waals surface area contributed by atoms with Gasteiger partial charge < -0.3 is 9.66 Å². The second-order valence-electron chi connectivity index (χ2n) is 5.39. The molecule has 0 radical (unpaired) electrons. The van der Waals surface area contributed by atoms with Crippen LogP contribution >= 0.6 is 0 Å². The van der Waals surface area contributed by atoms with Crippen LogP contribution in [0.2, 0.25) is 0 Å². The van der Waals surface area contributed by atoms with Gasteiger partial charge in [-0.3, -0.25) is 4.55 Å². The molecule has 0 heterocycles. The Morgan fingerprint density at radius 2 is 1.57 bits per heavy atom. The maximum Gasteiger partial charge on any atom is 2.00 e. The second kappa shape index (κ2) is 8.61. The summed E-state index contributed by atoms with van der Waals surface area (Å²) < 4.78 is 65.7. The van der Waals surface area contributed by atoms with E-state index in [2.05, 4.69) is 10.2 Å². The summed E-state index contributed by atoms with van der Waals surface area (Å²) >= 11 is 0. The fourth-order valence-electron chi connectivity index (χ4n) is 2.39. The molecule has 0 spiro atoms. The summed E-state index contributed by atoms with van der Waals surface area (Å²) in [6.45, 7) is 0. The summed E-state index contributed by atoms with van der Waals surface area (Å²) in [6.07, 6.45) is 0. The van der Waals surface area contributed by atoms with Crippen LogP contribution in [-0.4, -0.2) is 74.8 Å². The van der Waals surface area contributed by atoms with Crippen molar-refractivity contribution in [1.29, 1.82) is 0 Å². The Kier molecular flexibility index (Phi) is 7.07. The smallest absolute Gasteiger partial charge is 0.871 e. The van der Waals surface area contributed by atoms with Crippen molar-refractivity contribution < 1.29 is 31.0 Å². The van der Waals surface area contributed by atoms with E-state index in [4.69, 9.17) is 0 Å². The molecule has 3 aromatic rings. The second-order valence-corrected chi connectivity index (χ2v) is 8.16. The molecule has 0 bridgehead atoms. The van der Waals surface area contributed by atoms with Gasteiger partial charge in [-0.15, -0.1) is 5.11 Å². The third kappa shape index (κ3) is 5.00. The van der Waals surface area contributed by atoms with E-state index in [1.165, 1.54) is 6.07 Å². The van der Waals surface area contributed by atoms with E-state index in [1.807, 2.05) is 0 Å². The first-order valence-corrected chi connectivity index (χ1v) is 10.1. The van der Waals surface area contributed by atoms with E-state index in [0.29, 0.717) is 16.8 Å². The van der Waals surface area contributed by atoms with Crippen molar-refractivity contribution in [1.82, 2.24) is 0 Å². The van der Waals surface area contributed by atoms with Crippen LogP contribution in [-0.2, 0) is 20.2 Å². The number of benzene rings is 3. The van der Waals surface area contributed by atoms with Crippen molar-refractivity contribution in [3.8, 4) is 5.75 Å². The van der Waals surface area contributed by atoms with Crippen LogP contribution in [0.3, 0.4) is 0 Å². The zero-order valence-electron chi connectivity index (χ0n) is 14.0. The summed E-state index contributed by atoms with van der Waals surface area (Å²) in [5.74, 6) is -0.501. The molecule has 0 atom stereocenters. The number of hydrogen-bond acceptors (Lipinski definition) is 8. The number of hydrogen-bond donors (Lipinski definition) is 1. The third-order valence-corrected chi connectivity index (χ3v) is 5.35. The average molecular weight is 544 g/mol. The molecule has 12 heteroatoms. The summed E-state index contributed by atoms with van der Waals surface area (Å²) in [5, 5.41) is 20.6. The predicted molar refractivity (Wildman–Crippen MR) is 97.5 cm³/mol. The van der Waals surface area contributed by atoms with Crippen molar-refractivity contribution in [2.45, 2.75) is 9.79 Å². The molecular formula is C16H10BaN2O7S2. The largest absolute Gasteiger partial charge is 2.00 e. The van der Waals surface area contributed by atoms with Gasteiger partial charge >= 0.3 is 48.9 Å². The van der Waals surface area contributed by atoms with Crippen LogP contribution in [0.5, 0.6) is 5.75 Å². The van der Waals surface area contributed by atoms with Gasteiger partial charge in [0, 0.05) is 5.39 Å². The standard InChI is InChI=1S/C16H12N2O7S2.Ba/c19-14-7-5-10-3-1-2-4-12(10)16(14)18-17-13-9-11(26(20,21)22)6-8-15(13)27(23,24)25;/h1-9,19H,(H,20,21,22)(H,23,24,25);/q;+2/p-2. The van der Waals surface area contributed by atoms with Gasteiger partial charge in [0.05, 0.1) is 10.6 Å². The summed E-state index contributed by atoms with van der Waals surface area (Å²) in [4.78, 5) is -1.52. The number of nitrogens with zero attached hydrogens (tertiary/aromatic N) is 2. The molecule has 9 nitrogen and oxygen atoms in total. The normalized spacial score (nSPS) is 12.2. The molecule has 0 saturated heterocycles. The Morgan fingerprint density at radius 3 is 2.21 bits per heavy atom. The molecule has 1 N–H and O–H groups in total. The zero-order valence-corrected chi connectivity index (χ0v) is 20.1. The van der Waals surface area contributed by atoms with Crippen LogP contribution in [0.15, 0.2) is 74.6 Å². The quantitative estimate of drug-likeness (QED) is 0.299. The van der Waals surface area contributed by atoms with Crippen molar-refractivity contribution >= 4 is 91.3 Å². The Balaban J connectivity index is 0.00000280. The van der Waals surface area contributed by atoms with Gasteiger partial charge in [-0.2, -0.15) is 13.5 Å². The van der Waals surface area contributed by atoms with Crippen LogP contribution in [0.4, 0.5) is 11.4 Å². The van der Waals surface area contributed by atoms with Crippen molar-refractivity contribution in [3.05, 3.63) is 54.6 Å². The number of azo groups is 1. The summed E-state index contributed by atoms with van der Waals surface area (Å²) in [7, 11) is -9.68. The van der Waals surface area contributed by atoms with E-state index < -0.39 is 41.5 Å². The van der Waals surface area contributed by atoms with Gasteiger partial charge in [0.1, 0.15) is 20.7 Å². The summed E-state index contributed by atoms with van der Waals surface area (Å²) in [6, 6.07) is 11.7. The van der Waals surface area contributed by atoms with Crippen molar-refractivity contribution in [3.63, 3.8) is 0 Å². The van der Waals surface area contributed by atoms with E-state index in [0.717, 1.165) is 12.1 Å². The Labute approximate surface area is 200 Å². The minimum atomic E-state index is -4.90.